The van der Waals surface area contributed by atoms with E-state index in [1.165, 1.54) is 24.3 Å². The van der Waals surface area contributed by atoms with E-state index in [0.29, 0.717) is 31.0 Å². The smallest absolute Gasteiger partial charge is 0.246 e. The molecule has 164 valence electrons. The standard InChI is InChI=1S/C22H24F2N4O3/c1-14-18(26-31-25-14)13-27(2)21(30)16-12-22(16)8-10-28(11-9-22)19(29)7-6-15-4-3-5-17(23)20(15)24/h3-7,16H,8-13H2,1-2H3/b7-6+/t16-/m0/s1. The molecule has 1 aliphatic carbocycles. The van der Waals surface area contributed by atoms with Crippen molar-refractivity contribution in [3.05, 3.63) is 52.9 Å². The SMILES string of the molecule is Cc1nonc1CN(C)C(=O)[C@@H]1CC12CCN(C(=O)/C=C/c1cccc(F)c1F)CC2. The summed E-state index contributed by atoms with van der Waals surface area (Å²) in [5.41, 5.74) is 1.29. The number of benzene rings is 1. The van der Waals surface area contributed by atoms with Crippen molar-refractivity contribution in [1.82, 2.24) is 20.1 Å². The molecular formula is C22H24F2N4O3. The van der Waals surface area contributed by atoms with E-state index in [9.17, 15) is 18.4 Å². The van der Waals surface area contributed by atoms with Gasteiger partial charge in [0.05, 0.1) is 6.54 Å². The Bertz CT molecular complexity index is 1030. The molecule has 1 aromatic carbocycles. The summed E-state index contributed by atoms with van der Waals surface area (Å²) in [5, 5.41) is 7.56. The Morgan fingerprint density at radius 2 is 2.03 bits per heavy atom. The molecule has 2 heterocycles. The fraction of sp³-hybridized carbons (Fsp3) is 0.455. The van der Waals surface area contributed by atoms with Crippen LogP contribution in [0.15, 0.2) is 28.9 Å². The maximum Gasteiger partial charge on any atom is 0.246 e. The Hall–Kier alpha value is -3.10. The van der Waals surface area contributed by atoms with Gasteiger partial charge in [-0.3, -0.25) is 9.59 Å². The van der Waals surface area contributed by atoms with Crippen molar-refractivity contribution >= 4 is 17.9 Å². The molecule has 1 aromatic heterocycles. The second-order valence-corrected chi connectivity index (χ2v) is 8.41. The Morgan fingerprint density at radius 3 is 2.71 bits per heavy atom. The lowest BCUT2D eigenvalue weighted by atomic mass is 9.90. The molecule has 1 aliphatic heterocycles. The number of aromatic nitrogens is 2. The molecule has 1 atom stereocenters. The van der Waals surface area contributed by atoms with Crippen LogP contribution in [0.3, 0.4) is 0 Å². The molecule has 1 saturated carbocycles. The number of aryl methyl sites for hydroxylation is 1. The lowest BCUT2D eigenvalue weighted by molar-refractivity contribution is -0.133. The van der Waals surface area contributed by atoms with Gasteiger partial charge in [0.15, 0.2) is 11.6 Å². The number of rotatable bonds is 5. The predicted octanol–water partition coefficient (Wildman–Crippen LogP) is 2.96. The topological polar surface area (TPSA) is 79.5 Å². The summed E-state index contributed by atoms with van der Waals surface area (Å²) in [7, 11) is 1.75. The number of hydrogen-bond donors (Lipinski definition) is 0. The second kappa shape index (κ2) is 8.20. The molecule has 4 rings (SSSR count). The number of nitrogens with zero attached hydrogens (tertiary/aromatic N) is 4. The summed E-state index contributed by atoms with van der Waals surface area (Å²) in [6.07, 6.45) is 4.88. The van der Waals surface area contributed by atoms with Gasteiger partial charge in [0.2, 0.25) is 11.8 Å². The summed E-state index contributed by atoms with van der Waals surface area (Å²) in [4.78, 5) is 28.6. The number of likely N-dealkylation sites (tertiary alicyclic amines) is 1. The second-order valence-electron chi connectivity index (χ2n) is 8.41. The molecule has 0 unspecified atom stereocenters. The third-order valence-corrected chi connectivity index (χ3v) is 6.46. The highest BCUT2D eigenvalue weighted by Crippen LogP contribution is 2.60. The van der Waals surface area contributed by atoms with E-state index in [0.717, 1.165) is 25.3 Å². The number of carbonyl (C=O) groups excluding carboxylic acids is 2. The zero-order valence-corrected chi connectivity index (χ0v) is 17.5. The minimum Gasteiger partial charge on any atom is -0.339 e. The molecule has 2 fully saturated rings. The molecule has 1 saturated heterocycles. The van der Waals surface area contributed by atoms with Crippen molar-refractivity contribution in [3.8, 4) is 0 Å². The molecule has 2 amide bonds. The molecule has 0 radical (unpaired) electrons. The third-order valence-electron chi connectivity index (χ3n) is 6.46. The molecule has 2 aromatic rings. The Kier molecular flexibility index (Phi) is 5.60. The van der Waals surface area contributed by atoms with E-state index in [4.69, 9.17) is 0 Å². The van der Waals surface area contributed by atoms with Crippen LogP contribution in [0.25, 0.3) is 6.08 Å². The lowest BCUT2D eigenvalue weighted by Gasteiger charge is -2.32. The molecule has 31 heavy (non-hydrogen) atoms. The summed E-state index contributed by atoms with van der Waals surface area (Å²) in [6, 6.07) is 3.85. The highest BCUT2D eigenvalue weighted by atomic mass is 19.2. The van der Waals surface area contributed by atoms with Gasteiger partial charge >= 0.3 is 0 Å². The first-order chi connectivity index (χ1) is 14.8. The lowest BCUT2D eigenvalue weighted by Crippen LogP contribution is -2.40. The van der Waals surface area contributed by atoms with Crippen molar-refractivity contribution in [2.24, 2.45) is 11.3 Å². The molecule has 2 aliphatic rings. The number of carbonyl (C=O) groups is 2. The van der Waals surface area contributed by atoms with Gasteiger partial charge in [-0.25, -0.2) is 13.4 Å². The molecule has 1 spiro atoms. The minimum absolute atomic E-state index is 0.0373. The summed E-state index contributed by atoms with van der Waals surface area (Å²) in [6.45, 7) is 3.21. The van der Waals surface area contributed by atoms with Crippen molar-refractivity contribution < 1.29 is 23.0 Å². The fourth-order valence-corrected chi connectivity index (χ4v) is 4.30. The van der Waals surface area contributed by atoms with E-state index in [1.807, 2.05) is 0 Å². The van der Waals surface area contributed by atoms with Crippen molar-refractivity contribution in [1.29, 1.82) is 0 Å². The quantitative estimate of drug-likeness (QED) is 0.682. The van der Waals surface area contributed by atoms with Crippen LogP contribution in [-0.4, -0.2) is 52.1 Å². The zero-order chi connectivity index (χ0) is 22.2. The van der Waals surface area contributed by atoms with Crippen LogP contribution < -0.4 is 0 Å². The largest absolute Gasteiger partial charge is 0.339 e. The van der Waals surface area contributed by atoms with Crippen LogP contribution in [0, 0.1) is 29.9 Å². The monoisotopic (exact) mass is 430 g/mol. The zero-order valence-electron chi connectivity index (χ0n) is 17.5. The number of amides is 2. The number of piperidine rings is 1. The Morgan fingerprint density at radius 1 is 1.29 bits per heavy atom. The maximum atomic E-state index is 13.7. The first-order valence-corrected chi connectivity index (χ1v) is 10.2. The van der Waals surface area contributed by atoms with Gasteiger partial charge in [-0.1, -0.05) is 22.4 Å². The van der Waals surface area contributed by atoms with Gasteiger partial charge < -0.3 is 9.80 Å². The van der Waals surface area contributed by atoms with E-state index in [1.54, 1.807) is 23.8 Å². The van der Waals surface area contributed by atoms with Gasteiger partial charge in [-0.05, 0) is 43.7 Å². The molecular weight excluding hydrogens is 406 g/mol. The fourth-order valence-electron chi connectivity index (χ4n) is 4.30. The van der Waals surface area contributed by atoms with Crippen LogP contribution in [0.1, 0.15) is 36.2 Å². The summed E-state index contributed by atoms with van der Waals surface area (Å²) < 4.78 is 31.7. The normalized spacial score (nSPS) is 19.7. The van der Waals surface area contributed by atoms with Gasteiger partial charge in [0.1, 0.15) is 11.4 Å². The van der Waals surface area contributed by atoms with E-state index in [2.05, 4.69) is 14.9 Å². The third kappa shape index (κ3) is 4.22. The summed E-state index contributed by atoms with van der Waals surface area (Å²) in [5.74, 6) is -2.13. The predicted molar refractivity (Wildman–Crippen MR) is 107 cm³/mol. The molecule has 0 bridgehead atoms. The van der Waals surface area contributed by atoms with E-state index >= 15 is 0 Å². The summed E-state index contributed by atoms with van der Waals surface area (Å²) >= 11 is 0. The molecule has 0 N–H and O–H groups in total. The number of halogens is 2. The van der Waals surface area contributed by atoms with Crippen molar-refractivity contribution in [2.45, 2.75) is 32.7 Å². The average molecular weight is 430 g/mol. The molecule has 9 heteroatoms. The first kappa shape index (κ1) is 21.1. The van der Waals surface area contributed by atoms with Crippen LogP contribution >= 0.6 is 0 Å². The molecule has 7 nitrogen and oxygen atoms in total. The van der Waals surface area contributed by atoms with Crippen LogP contribution in [-0.2, 0) is 16.1 Å². The Balaban J connectivity index is 1.30. The highest BCUT2D eigenvalue weighted by Gasteiger charge is 2.59. The van der Waals surface area contributed by atoms with E-state index < -0.39 is 11.6 Å². The van der Waals surface area contributed by atoms with Crippen LogP contribution in [0.2, 0.25) is 0 Å². The Labute approximate surface area is 178 Å². The van der Waals surface area contributed by atoms with E-state index in [-0.39, 0.29) is 28.7 Å². The first-order valence-electron chi connectivity index (χ1n) is 10.2. The maximum absolute atomic E-state index is 13.7. The average Bonchev–Trinajstić information content (AvgIpc) is 3.30. The van der Waals surface area contributed by atoms with Gasteiger partial charge in [-0.15, -0.1) is 0 Å². The van der Waals surface area contributed by atoms with Gasteiger partial charge in [0, 0.05) is 37.7 Å². The highest BCUT2D eigenvalue weighted by molar-refractivity contribution is 5.92. The van der Waals surface area contributed by atoms with Crippen molar-refractivity contribution in [3.63, 3.8) is 0 Å². The van der Waals surface area contributed by atoms with Crippen LogP contribution in [0.5, 0.6) is 0 Å². The van der Waals surface area contributed by atoms with Crippen molar-refractivity contribution in [2.75, 3.05) is 20.1 Å². The van der Waals surface area contributed by atoms with Gasteiger partial charge in [0.25, 0.3) is 0 Å². The number of hydrogen-bond acceptors (Lipinski definition) is 5. The van der Waals surface area contributed by atoms with Gasteiger partial charge in [-0.2, -0.15) is 0 Å². The van der Waals surface area contributed by atoms with Crippen LogP contribution in [0.4, 0.5) is 8.78 Å². The minimum atomic E-state index is -0.968.